The topological polar surface area (TPSA) is 7.76 Å². The van der Waals surface area contributed by atoms with E-state index in [9.17, 15) is 0 Å². The third-order valence-electron chi connectivity index (χ3n) is 1.67. The summed E-state index contributed by atoms with van der Waals surface area (Å²) in [5, 5.41) is 0. The Balaban J connectivity index is 0.000000845. The zero-order chi connectivity index (χ0) is 8.23. The van der Waals surface area contributed by atoms with Crippen LogP contribution in [0.25, 0.3) is 0 Å². The molecule has 14 heavy (non-hydrogen) atoms. The SMILES string of the molecule is [I-].[I-].c1cc[n+](-[n+]2ccccc2)cc1. The zero-order valence-electron chi connectivity index (χ0n) is 7.42. The average Bonchev–Trinajstić information content (AvgIpc) is 2.21. The molecule has 2 aromatic heterocycles. The van der Waals surface area contributed by atoms with Crippen molar-refractivity contribution in [2.75, 3.05) is 0 Å². The highest BCUT2D eigenvalue weighted by Gasteiger charge is 2.06. The Labute approximate surface area is 118 Å². The lowest BCUT2D eigenvalue weighted by Crippen LogP contribution is -3.00. The molecule has 2 nitrogen and oxygen atoms in total. The van der Waals surface area contributed by atoms with Gasteiger partial charge >= 0.3 is 0 Å². The standard InChI is InChI=1S/C10H10N2.2HI/c1-3-7-11(8-4-1)12-9-5-2-6-10-12;;/h1-10H;2*1H/q+2;;/p-2. The predicted octanol–water partition coefficient (Wildman–Crippen LogP) is -5.42. The highest BCUT2D eigenvalue weighted by molar-refractivity contribution is 4.84. The number of rotatable bonds is 1. The van der Waals surface area contributed by atoms with Crippen molar-refractivity contribution in [2.45, 2.75) is 0 Å². The number of hydrogen-bond donors (Lipinski definition) is 0. The molecule has 0 fully saturated rings. The van der Waals surface area contributed by atoms with E-state index in [0.29, 0.717) is 0 Å². The molecule has 0 spiro atoms. The molecule has 0 saturated carbocycles. The van der Waals surface area contributed by atoms with Gasteiger partial charge in [0.2, 0.25) is 24.8 Å². The van der Waals surface area contributed by atoms with Crippen LogP contribution in [-0.2, 0) is 0 Å². The highest BCUT2D eigenvalue weighted by atomic mass is 127. The number of pyridine rings is 2. The molecule has 0 aliphatic carbocycles. The van der Waals surface area contributed by atoms with Crippen molar-refractivity contribution in [1.82, 2.24) is 0 Å². The summed E-state index contributed by atoms with van der Waals surface area (Å²) in [5.41, 5.74) is 0. The first kappa shape index (κ1) is 13.8. The highest BCUT2D eigenvalue weighted by Crippen LogP contribution is 1.76. The molecule has 2 rings (SSSR count). The van der Waals surface area contributed by atoms with Crippen molar-refractivity contribution in [3.8, 4) is 0 Å². The van der Waals surface area contributed by atoms with Gasteiger partial charge in [0.1, 0.15) is 0 Å². The molecule has 4 heteroatoms. The third-order valence-corrected chi connectivity index (χ3v) is 1.67. The van der Waals surface area contributed by atoms with E-state index < -0.39 is 0 Å². The van der Waals surface area contributed by atoms with E-state index in [-0.39, 0.29) is 48.0 Å². The van der Waals surface area contributed by atoms with Crippen LogP contribution in [0.5, 0.6) is 0 Å². The minimum Gasteiger partial charge on any atom is -1.00 e. The van der Waals surface area contributed by atoms with Crippen LogP contribution in [0.2, 0.25) is 0 Å². The average molecular weight is 412 g/mol. The van der Waals surface area contributed by atoms with E-state index >= 15 is 0 Å². The fourth-order valence-corrected chi connectivity index (χ4v) is 1.09. The van der Waals surface area contributed by atoms with Gasteiger partial charge in [-0.05, 0) is 12.1 Å². The van der Waals surface area contributed by atoms with Gasteiger partial charge in [0.15, 0.2) is 0 Å². The van der Waals surface area contributed by atoms with Gasteiger partial charge in [-0.25, -0.2) is 0 Å². The molecule has 2 aromatic rings. The molecule has 0 aromatic carbocycles. The van der Waals surface area contributed by atoms with Crippen molar-refractivity contribution >= 4 is 0 Å². The van der Waals surface area contributed by atoms with Crippen LogP contribution in [0.1, 0.15) is 0 Å². The quantitative estimate of drug-likeness (QED) is 0.327. The van der Waals surface area contributed by atoms with Crippen molar-refractivity contribution in [3.63, 3.8) is 0 Å². The Morgan fingerprint density at radius 2 is 0.714 bits per heavy atom. The first-order chi connectivity index (χ1) is 5.97. The molecule has 0 N–H and O–H groups in total. The molecule has 0 saturated heterocycles. The lowest BCUT2D eigenvalue weighted by Gasteiger charge is -1.84. The monoisotopic (exact) mass is 412 g/mol. The summed E-state index contributed by atoms with van der Waals surface area (Å²) in [6.45, 7) is 0. The Morgan fingerprint density at radius 3 is 1.00 bits per heavy atom. The van der Waals surface area contributed by atoms with Gasteiger partial charge in [-0.1, -0.05) is 0 Å². The fourth-order valence-electron chi connectivity index (χ4n) is 1.09. The molecular formula is C10H10I2N2. The molecule has 0 aliphatic rings. The Bertz CT molecular complexity index is 314. The van der Waals surface area contributed by atoms with Crippen LogP contribution in [0.15, 0.2) is 61.2 Å². The molecule has 0 bridgehead atoms. The first-order valence-electron chi connectivity index (χ1n) is 3.90. The molecule has 74 valence electrons. The molecule has 0 radical (unpaired) electrons. The minimum absolute atomic E-state index is 0. The molecule has 2 heterocycles. The van der Waals surface area contributed by atoms with E-state index in [1.165, 1.54) is 0 Å². The van der Waals surface area contributed by atoms with Gasteiger partial charge in [-0.2, -0.15) is 0 Å². The summed E-state index contributed by atoms with van der Waals surface area (Å²) in [4.78, 5) is 0. The van der Waals surface area contributed by atoms with E-state index in [4.69, 9.17) is 0 Å². The van der Waals surface area contributed by atoms with E-state index in [1.807, 2.05) is 70.5 Å². The maximum Gasteiger partial charge on any atom is 0.242 e. The number of halogens is 2. The minimum atomic E-state index is 0. The predicted molar refractivity (Wildman–Crippen MR) is 44.1 cm³/mol. The van der Waals surface area contributed by atoms with E-state index in [1.54, 1.807) is 0 Å². The van der Waals surface area contributed by atoms with Crippen molar-refractivity contribution in [2.24, 2.45) is 0 Å². The number of hydrogen-bond acceptors (Lipinski definition) is 0. The normalized spacial score (nSPS) is 8.29. The van der Waals surface area contributed by atoms with Gasteiger partial charge in [0, 0.05) is 24.3 Å². The summed E-state index contributed by atoms with van der Waals surface area (Å²) < 4.78 is 4.00. The summed E-state index contributed by atoms with van der Waals surface area (Å²) >= 11 is 0. The summed E-state index contributed by atoms with van der Waals surface area (Å²) in [6.07, 6.45) is 8.00. The first-order valence-corrected chi connectivity index (χ1v) is 3.90. The van der Waals surface area contributed by atoms with Crippen LogP contribution in [0, 0.1) is 0 Å². The van der Waals surface area contributed by atoms with Gasteiger partial charge in [-0.15, -0.1) is 0 Å². The smallest absolute Gasteiger partial charge is 0.242 e. The summed E-state index contributed by atoms with van der Waals surface area (Å²) in [6, 6.07) is 12.0. The lowest BCUT2D eigenvalue weighted by atomic mass is 10.5. The fraction of sp³-hybridized carbons (Fsp3) is 0. The van der Waals surface area contributed by atoms with Crippen LogP contribution in [0.4, 0.5) is 0 Å². The Morgan fingerprint density at radius 1 is 0.429 bits per heavy atom. The number of nitrogens with zero attached hydrogens (tertiary/aromatic N) is 2. The molecule has 0 atom stereocenters. The van der Waals surface area contributed by atoms with Crippen LogP contribution < -0.4 is 57.3 Å². The van der Waals surface area contributed by atoms with Gasteiger partial charge in [0.25, 0.3) is 0 Å². The largest absolute Gasteiger partial charge is 1.00 e. The molecule has 0 aliphatic heterocycles. The van der Waals surface area contributed by atoms with Gasteiger partial charge < -0.3 is 48.0 Å². The van der Waals surface area contributed by atoms with E-state index in [2.05, 4.69) is 0 Å². The molecular weight excluding hydrogens is 402 g/mol. The molecule has 0 unspecified atom stereocenters. The van der Waals surface area contributed by atoms with Crippen molar-refractivity contribution in [3.05, 3.63) is 61.2 Å². The second-order valence-electron chi connectivity index (χ2n) is 2.51. The maximum absolute atomic E-state index is 2.00. The summed E-state index contributed by atoms with van der Waals surface area (Å²) in [5.74, 6) is 0. The zero-order valence-corrected chi connectivity index (χ0v) is 11.7. The van der Waals surface area contributed by atoms with Gasteiger partial charge in [-0.3, -0.25) is 0 Å². The van der Waals surface area contributed by atoms with Crippen LogP contribution >= 0.6 is 0 Å². The van der Waals surface area contributed by atoms with Crippen molar-refractivity contribution in [1.29, 1.82) is 0 Å². The summed E-state index contributed by atoms with van der Waals surface area (Å²) in [7, 11) is 0. The second-order valence-corrected chi connectivity index (χ2v) is 2.51. The second kappa shape index (κ2) is 7.10. The Hall–Kier alpha value is -0.240. The van der Waals surface area contributed by atoms with E-state index in [0.717, 1.165) is 0 Å². The van der Waals surface area contributed by atoms with Crippen LogP contribution in [0.3, 0.4) is 0 Å². The van der Waals surface area contributed by atoms with Crippen LogP contribution in [-0.4, -0.2) is 0 Å². The van der Waals surface area contributed by atoms with Crippen molar-refractivity contribution < 1.29 is 57.3 Å². The Kier molecular flexibility index (Phi) is 6.98. The molecule has 0 amide bonds. The van der Waals surface area contributed by atoms with Gasteiger partial charge in [0.05, 0.1) is 9.35 Å². The lowest BCUT2D eigenvalue weighted by molar-refractivity contribution is -1.30. The third kappa shape index (κ3) is 3.49. The maximum atomic E-state index is 2.00. The number of aromatic nitrogens is 2.